The van der Waals surface area contributed by atoms with E-state index >= 15 is 0 Å². The summed E-state index contributed by atoms with van der Waals surface area (Å²) in [5.41, 5.74) is 1.32. The van der Waals surface area contributed by atoms with Gasteiger partial charge in [-0.1, -0.05) is 18.2 Å². The van der Waals surface area contributed by atoms with Gasteiger partial charge in [0.2, 0.25) is 5.91 Å². The Bertz CT molecular complexity index is 466. The third kappa shape index (κ3) is 5.05. The number of carbonyl (C=O) groups excluding carboxylic acids is 1. The molecular formula is C17H28N3O+. The Kier molecular flexibility index (Phi) is 4.57. The summed E-state index contributed by atoms with van der Waals surface area (Å²) in [6.07, 6.45) is 2.01. The molecule has 2 rings (SSSR count). The molecule has 0 bridgehead atoms. The number of amides is 1. The summed E-state index contributed by atoms with van der Waals surface area (Å²) in [4.78, 5) is 12.1. The lowest BCUT2D eigenvalue weighted by Gasteiger charge is -2.43. The highest BCUT2D eigenvalue weighted by atomic mass is 16.2. The van der Waals surface area contributed by atoms with Gasteiger partial charge >= 0.3 is 0 Å². The van der Waals surface area contributed by atoms with Crippen LogP contribution in [0.1, 0.15) is 40.5 Å². The first-order valence-corrected chi connectivity index (χ1v) is 7.71. The van der Waals surface area contributed by atoms with Crippen LogP contribution in [0.2, 0.25) is 0 Å². The number of nitrogens with two attached hydrogens (primary N) is 1. The number of hydrogen-bond acceptors (Lipinski definition) is 2. The highest BCUT2D eigenvalue weighted by Gasteiger charge is 2.41. The van der Waals surface area contributed by atoms with E-state index in [1.165, 1.54) is 0 Å². The molecule has 1 aromatic rings. The number of quaternary nitrogens is 1. The number of carbonyl (C=O) groups is 1. The molecule has 1 saturated heterocycles. The smallest absolute Gasteiger partial charge is 0.239 e. The fraction of sp³-hybridized carbons (Fsp3) is 0.588. The number of benzene rings is 1. The maximum Gasteiger partial charge on any atom is 0.239 e. The van der Waals surface area contributed by atoms with Crippen molar-refractivity contribution >= 4 is 11.6 Å². The maximum atomic E-state index is 12.1. The Morgan fingerprint density at radius 1 is 1.14 bits per heavy atom. The Labute approximate surface area is 127 Å². The molecule has 1 aliphatic heterocycles. The lowest BCUT2D eigenvalue weighted by molar-refractivity contribution is -0.787. The average molecular weight is 290 g/mol. The molecule has 0 aromatic heterocycles. The van der Waals surface area contributed by atoms with Gasteiger partial charge in [0, 0.05) is 24.6 Å². The van der Waals surface area contributed by atoms with E-state index in [0.29, 0.717) is 6.54 Å². The van der Waals surface area contributed by atoms with E-state index < -0.39 is 0 Å². The monoisotopic (exact) mass is 290 g/mol. The number of anilines is 1. The van der Waals surface area contributed by atoms with E-state index in [1.807, 2.05) is 30.3 Å². The zero-order chi connectivity index (χ0) is 15.5. The largest absolute Gasteiger partial charge is 0.376 e. The van der Waals surface area contributed by atoms with Crippen molar-refractivity contribution in [2.75, 3.05) is 11.9 Å². The third-order valence-corrected chi connectivity index (χ3v) is 3.92. The molecule has 4 N–H and O–H groups in total. The molecule has 1 aromatic carbocycles. The standard InChI is InChI=1S/C17H27N3O/c1-16(2)10-14(11-17(3,4)20-16)19-15(21)12-18-13-8-6-5-7-9-13/h5-9,14,18,20H,10-12H2,1-4H3,(H,19,21)/p+1. The van der Waals surface area contributed by atoms with Crippen molar-refractivity contribution < 1.29 is 10.1 Å². The summed E-state index contributed by atoms with van der Waals surface area (Å²) < 4.78 is 0. The molecule has 1 fully saturated rings. The van der Waals surface area contributed by atoms with Crippen molar-refractivity contribution in [2.45, 2.75) is 57.7 Å². The van der Waals surface area contributed by atoms with Gasteiger partial charge in [-0.2, -0.15) is 0 Å². The number of rotatable bonds is 4. The Balaban J connectivity index is 1.85. The molecule has 1 amide bonds. The summed E-state index contributed by atoms with van der Waals surface area (Å²) in [5, 5.41) is 8.76. The Hall–Kier alpha value is -1.55. The van der Waals surface area contributed by atoms with Crippen LogP contribution in [0.4, 0.5) is 5.69 Å². The van der Waals surface area contributed by atoms with Gasteiger partial charge in [-0.05, 0) is 39.8 Å². The van der Waals surface area contributed by atoms with Crippen LogP contribution in [0, 0.1) is 0 Å². The molecule has 21 heavy (non-hydrogen) atoms. The normalized spacial score (nSPS) is 20.8. The summed E-state index contributed by atoms with van der Waals surface area (Å²) in [7, 11) is 0. The van der Waals surface area contributed by atoms with Gasteiger partial charge in [0.25, 0.3) is 0 Å². The van der Waals surface area contributed by atoms with Gasteiger partial charge in [0.15, 0.2) is 0 Å². The molecule has 0 radical (unpaired) electrons. The molecule has 0 unspecified atom stereocenters. The topological polar surface area (TPSA) is 57.7 Å². The first-order chi connectivity index (χ1) is 9.76. The maximum absolute atomic E-state index is 12.1. The van der Waals surface area contributed by atoms with E-state index in [-0.39, 0.29) is 23.0 Å². The summed E-state index contributed by atoms with van der Waals surface area (Å²) in [5.74, 6) is 0.0670. The third-order valence-electron chi connectivity index (χ3n) is 3.92. The van der Waals surface area contributed by atoms with Crippen LogP contribution in [0.15, 0.2) is 30.3 Å². The predicted octanol–water partition coefficient (Wildman–Crippen LogP) is 1.50. The van der Waals surface area contributed by atoms with Crippen LogP contribution in [-0.4, -0.2) is 29.6 Å². The second-order valence-electron chi connectivity index (χ2n) is 7.51. The van der Waals surface area contributed by atoms with Crippen LogP contribution >= 0.6 is 0 Å². The highest BCUT2D eigenvalue weighted by molar-refractivity contribution is 5.80. The molecular weight excluding hydrogens is 262 g/mol. The Morgan fingerprint density at radius 2 is 1.71 bits per heavy atom. The first-order valence-electron chi connectivity index (χ1n) is 7.71. The van der Waals surface area contributed by atoms with Crippen molar-refractivity contribution in [2.24, 2.45) is 0 Å². The zero-order valence-electron chi connectivity index (χ0n) is 13.6. The first kappa shape index (κ1) is 15.8. The fourth-order valence-corrected chi connectivity index (χ4v) is 3.64. The second-order valence-corrected chi connectivity index (χ2v) is 7.51. The zero-order valence-corrected chi connectivity index (χ0v) is 13.6. The molecule has 0 atom stereocenters. The summed E-state index contributed by atoms with van der Waals surface area (Å²) >= 11 is 0. The SMILES string of the molecule is CC1(C)CC(NC(=O)CNc2ccccc2)CC(C)(C)[NH2+]1. The highest BCUT2D eigenvalue weighted by Crippen LogP contribution is 2.21. The van der Waals surface area contributed by atoms with Crippen LogP contribution in [0.3, 0.4) is 0 Å². The van der Waals surface area contributed by atoms with E-state index in [1.54, 1.807) is 0 Å². The Morgan fingerprint density at radius 3 is 2.29 bits per heavy atom. The molecule has 0 spiro atoms. The van der Waals surface area contributed by atoms with Crippen molar-refractivity contribution in [1.29, 1.82) is 0 Å². The van der Waals surface area contributed by atoms with Crippen LogP contribution in [-0.2, 0) is 4.79 Å². The second kappa shape index (κ2) is 6.06. The van der Waals surface area contributed by atoms with Crippen molar-refractivity contribution in [3.63, 3.8) is 0 Å². The quantitative estimate of drug-likeness (QED) is 0.787. The molecule has 1 aliphatic rings. The predicted molar refractivity (Wildman–Crippen MR) is 86.2 cm³/mol. The number of hydrogen-bond donors (Lipinski definition) is 3. The summed E-state index contributed by atoms with van der Waals surface area (Å²) in [6.45, 7) is 9.31. The number of para-hydroxylation sites is 1. The van der Waals surface area contributed by atoms with Crippen molar-refractivity contribution in [3.05, 3.63) is 30.3 Å². The van der Waals surface area contributed by atoms with Crippen LogP contribution in [0.25, 0.3) is 0 Å². The van der Waals surface area contributed by atoms with Gasteiger partial charge in [0.05, 0.1) is 17.6 Å². The molecule has 4 nitrogen and oxygen atoms in total. The van der Waals surface area contributed by atoms with Gasteiger partial charge in [-0.3, -0.25) is 4.79 Å². The molecule has 0 saturated carbocycles. The number of piperidine rings is 1. The van der Waals surface area contributed by atoms with Crippen LogP contribution < -0.4 is 16.0 Å². The van der Waals surface area contributed by atoms with Crippen molar-refractivity contribution in [3.8, 4) is 0 Å². The molecule has 116 valence electrons. The molecule has 0 aliphatic carbocycles. The van der Waals surface area contributed by atoms with Crippen molar-refractivity contribution in [1.82, 2.24) is 5.32 Å². The molecule has 4 heteroatoms. The molecule has 1 heterocycles. The average Bonchev–Trinajstić information content (AvgIpc) is 2.33. The lowest BCUT2D eigenvalue weighted by atomic mass is 9.79. The van der Waals surface area contributed by atoms with E-state index in [2.05, 4.69) is 43.6 Å². The van der Waals surface area contributed by atoms with Gasteiger partial charge < -0.3 is 16.0 Å². The van der Waals surface area contributed by atoms with E-state index in [9.17, 15) is 4.79 Å². The van der Waals surface area contributed by atoms with E-state index in [0.717, 1.165) is 18.5 Å². The van der Waals surface area contributed by atoms with E-state index in [4.69, 9.17) is 0 Å². The summed E-state index contributed by atoms with van der Waals surface area (Å²) in [6, 6.07) is 10.1. The fourth-order valence-electron chi connectivity index (χ4n) is 3.64. The minimum Gasteiger partial charge on any atom is -0.376 e. The lowest BCUT2D eigenvalue weighted by Crippen LogP contribution is -3.06. The number of nitrogens with one attached hydrogen (secondary N) is 2. The van der Waals surface area contributed by atoms with Gasteiger partial charge in [0.1, 0.15) is 0 Å². The van der Waals surface area contributed by atoms with Gasteiger partial charge in [-0.25, -0.2) is 0 Å². The minimum atomic E-state index is 0.0670. The van der Waals surface area contributed by atoms with Crippen LogP contribution in [0.5, 0.6) is 0 Å². The minimum absolute atomic E-state index is 0.0670. The van der Waals surface area contributed by atoms with Gasteiger partial charge in [-0.15, -0.1) is 0 Å².